The number of anilines is 1. The maximum atomic E-state index is 12.3. The van der Waals surface area contributed by atoms with Crippen molar-refractivity contribution in [2.24, 2.45) is 0 Å². The molecule has 1 saturated carbocycles. The van der Waals surface area contributed by atoms with Crippen molar-refractivity contribution in [3.63, 3.8) is 0 Å². The second-order valence-corrected chi connectivity index (χ2v) is 8.64. The highest BCUT2D eigenvalue weighted by Crippen LogP contribution is 2.31. The number of aromatic nitrogens is 2. The van der Waals surface area contributed by atoms with Crippen LogP contribution in [0.5, 0.6) is 0 Å². The van der Waals surface area contributed by atoms with Crippen LogP contribution >= 0.6 is 11.6 Å². The van der Waals surface area contributed by atoms with Crippen molar-refractivity contribution in [2.75, 3.05) is 31.1 Å². The van der Waals surface area contributed by atoms with Crippen molar-refractivity contribution in [1.29, 1.82) is 0 Å². The van der Waals surface area contributed by atoms with Crippen molar-refractivity contribution in [3.05, 3.63) is 29.4 Å². The maximum Gasteiger partial charge on any atom is 0.217 e. The number of benzene rings is 1. The summed E-state index contributed by atoms with van der Waals surface area (Å²) in [6, 6.07) is 5.43. The van der Waals surface area contributed by atoms with E-state index in [1.807, 2.05) is 6.07 Å². The third-order valence-corrected chi connectivity index (χ3v) is 6.99. The first kappa shape index (κ1) is 15.1. The van der Waals surface area contributed by atoms with Gasteiger partial charge in [-0.25, -0.2) is 13.4 Å². The number of nitrogens with zero attached hydrogens (tertiary/aromatic N) is 4. The highest BCUT2D eigenvalue weighted by atomic mass is 35.5. The predicted molar refractivity (Wildman–Crippen MR) is 90.3 cm³/mol. The molecule has 23 heavy (non-hydrogen) atoms. The molecule has 1 aromatic carbocycles. The van der Waals surface area contributed by atoms with E-state index in [2.05, 4.69) is 14.9 Å². The first-order valence-corrected chi connectivity index (χ1v) is 9.58. The third-order valence-electron chi connectivity index (χ3n) is 4.36. The molecule has 2 heterocycles. The minimum absolute atomic E-state index is 0.140. The quantitative estimate of drug-likeness (QED) is 0.844. The molecule has 2 fully saturated rings. The summed E-state index contributed by atoms with van der Waals surface area (Å²) >= 11 is 5.96. The molecule has 2 aliphatic rings. The van der Waals surface area contributed by atoms with Crippen molar-refractivity contribution >= 4 is 38.5 Å². The van der Waals surface area contributed by atoms with Gasteiger partial charge in [-0.05, 0) is 31.0 Å². The fourth-order valence-corrected chi connectivity index (χ4v) is 4.87. The van der Waals surface area contributed by atoms with Crippen molar-refractivity contribution in [1.82, 2.24) is 14.3 Å². The van der Waals surface area contributed by atoms with Gasteiger partial charge in [-0.1, -0.05) is 11.6 Å². The van der Waals surface area contributed by atoms with E-state index in [1.54, 1.807) is 22.6 Å². The van der Waals surface area contributed by atoms with Gasteiger partial charge >= 0.3 is 0 Å². The number of sulfonamides is 1. The second kappa shape index (κ2) is 5.58. The zero-order valence-electron chi connectivity index (χ0n) is 12.5. The SMILES string of the molecule is O=S(=O)(C1CC1)N1CCN(c2cnc3cc(Cl)ccc3n2)CC1. The molecule has 0 radical (unpaired) electrons. The smallest absolute Gasteiger partial charge is 0.217 e. The monoisotopic (exact) mass is 352 g/mol. The minimum atomic E-state index is -3.08. The summed E-state index contributed by atoms with van der Waals surface area (Å²) < 4.78 is 26.1. The molecule has 0 unspecified atom stereocenters. The van der Waals surface area contributed by atoms with E-state index in [0.717, 1.165) is 29.7 Å². The summed E-state index contributed by atoms with van der Waals surface area (Å²) in [7, 11) is -3.08. The van der Waals surface area contributed by atoms with E-state index in [-0.39, 0.29) is 5.25 Å². The van der Waals surface area contributed by atoms with Gasteiger partial charge in [0, 0.05) is 31.2 Å². The normalized spacial score (nSPS) is 20.1. The molecule has 4 rings (SSSR count). The van der Waals surface area contributed by atoms with E-state index in [0.29, 0.717) is 31.2 Å². The molecule has 0 spiro atoms. The Bertz CT molecular complexity index is 846. The van der Waals surface area contributed by atoms with Gasteiger partial charge < -0.3 is 4.90 Å². The lowest BCUT2D eigenvalue weighted by Crippen LogP contribution is -2.49. The van der Waals surface area contributed by atoms with Gasteiger partial charge in [0.05, 0.1) is 22.5 Å². The Morgan fingerprint density at radius 1 is 1.09 bits per heavy atom. The van der Waals surface area contributed by atoms with Crippen LogP contribution in [0.25, 0.3) is 11.0 Å². The molecule has 1 aliphatic carbocycles. The molecule has 0 N–H and O–H groups in total. The molecule has 2 aromatic rings. The van der Waals surface area contributed by atoms with Gasteiger partial charge in [-0.2, -0.15) is 4.31 Å². The summed E-state index contributed by atoms with van der Waals surface area (Å²) in [5, 5.41) is 0.498. The van der Waals surface area contributed by atoms with E-state index in [4.69, 9.17) is 11.6 Å². The van der Waals surface area contributed by atoms with Gasteiger partial charge in [0.15, 0.2) is 0 Å². The lowest BCUT2D eigenvalue weighted by atomic mass is 10.3. The topological polar surface area (TPSA) is 66.4 Å². The van der Waals surface area contributed by atoms with Crippen molar-refractivity contribution in [2.45, 2.75) is 18.1 Å². The molecule has 1 saturated heterocycles. The van der Waals surface area contributed by atoms with Crippen LogP contribution in [0.15, 0.2) is 24.4 Å². The number of fused-ring (bicyclic) bond motifs is 1. The number of halogens is 1. The molecule has 1 aromatic heterocycles. The molecule has 0 amide bonds. The molecule has 6 nitrogen and oxygen atoms in total. The first-order valence-electron chi connectivity index (χ1n) is 7.70. The minimum Gasteiger partial charge on any atom is -0.353 e. The van der Waals surface area contributed by atoms with Crippen LogP contribution in [0, 0.1) is 0 Å². The lowest BCUT2D eigenvalue weighted by molar-refractivity contribution is 0.383. The van der Waals surface area contributed by atoms with Gasteiger partial charge in [0.25, 0.3) is 0 Å². The fraction of sp³-hybridized carbons (Fsp3) is 0.467. The van der Waals surface area contributed by atoms with Gasteiger partial charge in [0.1, 0.15) is 5.82 Å². The standard InChI is InChI=1S/C15H17ClN4O2S/c16-11-1-4-13-14(9-11)17-10-15(18-13)19-5-7-20(8-6-19)23(21,22)12-2-3-12/h1,4,9-10,12H,2-3,5-8H2. The molecular weight excluding hydrogens is 336 g/mol. The molecule has 8 heteroatoms. The average molecular weight is 353 g/mol. The van der Waals surface area contributed by atoms with Gasteiger partial charge in [-0.3, -0.25) is 4.98 Å². The Balaban J connectivity index is 1.51. The Morgan fingerprint density at radius 3 is 2.52 bits per heavy atom. The van der Waals surface area contributed by atoms with Gasteiger partial charge in [0.2, 0.25) is 10.0 Å². The van der Waals surface area contributed by atoms with E-state index in [9.17, 15) is 8.42 Å². The second-order valence-electron chi connectivity index (χ2n) is 5.99. The Morgan fingerprint density at radius 2 is 1.83 bits per heavy atom. The molecule has 0 bridgehead atoms. The molecule has 122 valence electrons. The molecular formula is C15H17ClN4O2S. The lowest BCUT2D eigenvalue weighted by Gasteiger charge is -2.34. The summed E-state index contributed by atoms with van der Waals surface area (Å²) in [6.07, 6.45) is 3.34. The van der Waals surface area contributed by atoms with E-state index < -0.39 is 10.0 Å². The number of hydrogen-bond donors (Lipinski definition) is 0. The van der Waals surface area contributed by atoms with Crippen LogP contribution in [-0.4, -0.2) is 54.1 Å². The third kappa shape index (κ3) is 2.88. The Hall–Kier alpha value is -1.44. The van der Waals surface area contributed by atoms with Crippen LogP contribution in [0.3, 0.4) is 0 Å². The Kier molecular flexibility index (Phi) is 3.66. The average Bonchev–Trinajstić information content (AvgIpc) is 3.40. The highest BCUT2D eigenvalue weighted by molar-refractivity contribution is 7.90. The van der Waals surface area contributed by atoms with Crippen LogP contribution in [-0.2, 0) is 10.0 Å². The van der Waals surface area contributed by atoms with Crippen molar-refractivity contribution < 1.29 is 8.42 Å². The van der Waals surface area contributed by atoms with Crippen LogP contribution < -0.4 is 4.90 Å². The number of piperazine rings is 1. The largest absolute Gasteiger partial charge is 0.353 e. The zero-order chi connectivity index (χ0) is 16.0. The predicted octanol–water partition coefficient (Wildman–Crippen LogP) is 1.90. The van der Waals surface area contributed by atoms with E-state index >= 15 is 0 Å². The summed E-state index contributed by atoms with van der Waals surface area (Å²) in [5.41, 5.74) is 1.55. The fourth-order valence-electron chi connectivity index (χ4n) is 2.87. The number of rotatable bonds is 3. The molecule has 0 atom stereocenters. The summed E-state index contributed by atoms with van der Waals surface area (Å²) in [6.45, 7) is 2.30. The first-order chi connectivity index (χ1) is 11.0. The highest BCUT2D eigenvalue weighted by Gasteiger charge is 2.41. The van der Waals surface area contributed by atoms with Gasteiger partial charge in [-0.15, -0.1) is 0 Å². The number of hydrogen-bond acceptors (Lipinski definition) is 5. The summed E-state index contributed by atoms with van der Waals surface area (Å²) in [4.78, 5) is 11.1. The van der Waals surface area contributed by atoms with Crippen molar-refractivity contribution in [3.8, 4) is 0 Å². The van der Waals surface area contributed by atoms with Crippen LogP contribution in [0.4, 0.5) is 5.82 Å². The maximum absolute atomic E-state index is 12.3. The van der Waals surface area contributed by atoms with Crippen LogP contribution in [0.1, 0.15) is 12.8 Å². The van der Waals surface area contributed by atoms with E-state index in [1.165, 1.54) is 0 Å². The molecule has 1 aliphatic heterocycles. The van der Waals surface area contributed by atoms with Crippen LogP contribution in [0.2, 0.25) is 5.02 Å². The summed E-state index contributed by atoms with van der Waals surface area (Å²) in [5.74, 6) is 0.781. The zero-order valence-corrected chi connectivity index (χ0v) is 14.1. The Labute approximate surface area is 140 Å².